The zero-order chi connectivity index (χ0) is 25.9. The maximum atomic E-state index is 9.46. The van der Waals surface area contributed by atoms with E-state index in [0.717, 1.165) is 11.4 Å². The number of anilines is 3. The first-order valence-electron chi connectivity index (χ1n) is 13.0. The summed E-state index contributed by atoms with van der Waals surface area (Å²) in [4.78, 5) is 2.37. The second kappa shape index (κ2) is 8.33. The van der Waals surface area contributed by atoms with Crippen LogP contribution in [0.4, 0.5) is 17.1 Å². The van der Waals surface area contributed by atoms with Crippen molar-refractivity contribution in [2.45, 2.75) is 19.3 Å². The van der Waals surface area contributed by atoms with Gasteiger partial charge in [0.15, 0.2) is 0 Å². The molecule has 0 fully saturated rings. The molecule has 180 valence electrons. The van der Waals surface area contributed by atoms with E-state index in [4.69, 9.17) is 0 Å². The van der Waals surface area contributed by atoms with Crippen molar-refractivity contribution in [3.8, 4) is 17.2 Å². The zero-order valence-corrected chi connectivity index (χ0v) is 21.4. The summed E-state index contributed by atoms with van der Waals surface area (Å²) in [5, 5.41) is 14.4. The molecule has 0 spiro atoms. The summed E-state index contributed by atoms with van der Waals surface area (Å²) in [6, 6.07) is 45.1. The number of para-hydroxylation sites is 1. The molecule has 2 heteroatoms. The number of hydrogen-bond acceptors (Lipinski definition) is 2. The van der Waals surface area contributed by atoms with E-state index >= 15 is 0 Å². The first-order chi connectivity index (χ1) is 18.6. The predicted octanol–water partition coefficient (Wildman–Crippen LogP) is 9.64. The molecule has 0 N–H and O–H groups in total. The Bertz CT molecular complexity index is 1890. The van der Waals surface area contributed by atoms with Gasteiger partial charge in [-0.05, 0) is 80.9 Å². The van der Waals surface area contributed by atoms with Crippen molar-refractivity contribution in [2.75, 3.05) is 4.90 Å². The van der Waals surface area contributed by atoms with Gasteiger partial charge in [0.25, 0.3) is 0 Å². The number of nitriles is 1. The average molecular weight is 487 g/mol. The Kier molecular flexibility index (Phi) is 4.90. The normalized spacial score (nSPS) is 13.2. The maximum Gasteiger partial charge on any atom is 0.0991 e. The Morgan fingerprint density at radius 2 is 1.26 bits per heavy atom. The van der Waals surface area contributed by atoms with E-state index < -0.39 is 0 Å². The van der Waals surface area contributed by atoms with Crippen LogP contribution in [0.1, 0.15) is 30.5 Å². The van der Waals surface area contributed by atoms with E-state index in [1.165, 1.54) is 49.5 Å². The Balaban J connectivity index is 1.64. The molecule has 7 rings (SSSR count). The summed E-state index contributed by atoms with van der Waals surface area (Å²) >= 11 is 0. The van der Waals surface area contributed by atoms with Gasteiger partial charge in [-0.3, -0.25) is 0 Å². The van der Waals surface area contributed by atoms with Crippen LogP contribution in [0.2, 0.25) is 0 Å². The molecule has 38 heavy (non-hydrogen) atoms. The molecule has 6 aromatic rings. The van der Waals surface area contributed by atoms with Crippen molar-refractivity contribution in [1.82, 2.24) is 0 Å². The van der Waals surface area contributed by atoms with E-state index in [0.29, 0.717) is 5.56 Å². The van der Waals surface area contributed by atoms with E-state index in [1.54, 1.807) is 0 Å². The molecule has 0 unspecified atom stereocenters. The lowest BCUT2D eigenvalue weighted by Crippen LogP contribution is -2.21. The fourth-order valence-electron chi connectivity index (χ4n) is 6.28. The molecule has 0 aromatic heterocycles. The highest BCUT2D eigenvalue weighted by molar-refractivity contribution is 6.11. The molecular formula is C36H26N2. The monoisotopic (exact) mass is 486 g/mol. The molecule has 0 bridgehead atoms. The van der Waals surface area contributed by atoms with Crippen LogP contribution in [0.3, 0.4) is 0 Å². The first-order valence-corrected chi connectivity index (χ1v) is 13.0. The van der Waals surface area contributed by atoms with E-state index in [2.05, 4.69) is 134 Å². The largest absolute Gasteiger partial charge is 0.310 e. The van der Waals surface area contributed by atoms with Crippen molar-refractivity contribution in [1.29, 1.82) is 5.26 Å². The molecule has 0 amide bonds. The van der Waals surface area contributed by atoms with Gasteiger partial charge in [-0.2, -0.15) is 5.26 Å². The van der Waals surface area contributed by atoms with E-state index in [9.17, 15) is 5.26 Å². The summed E-state index contributed by atoms with van der Waals surface area (Å²) in [6.45, 7) is 4.71. The lowest BCUT2D eigenvalue weighted by atomic mass is 9.80. The van der Waals surface area contributed by atoms with Gasteiger partial charge in [-0.1, -0.05) is 92.7 Å². The zero-order valence-electron chi connectivity index (χ0n) is 21.4. The van der Waals surface area contributed by atoms with Crippen molar-refractivity contribution in [3.05, 3.63) is 138 Å². The quantitative estimate of drug-likeness (QED) is 0.249. The Morgan fingerprint density at radius 3 is 2.00 bits per heavy atom. The molecule has 0 atom stereocenters. The van der Waals surface area contributed by atoms with Crippen LogP contribution in [0, 0.1) is 11.3 Å². The van der Waals surface area contributed by atoms with Gasteiger partial charge in [0.2, 0.25) is 0 Å². The number of benzene rings is 6. The molecule has 0 saturated carbocycles. The lowest BCUT2D eigenvalue weighted by Gasteiger charge is -2.33. The fraction of sp³-hybridized carbons (Fsp3) is 0.0833. The van der Waals surface area contributed by atoms with Gasteiger partial charge in [0.05, 0.1) is 17.3 Å². The van der Waals surface area contributed by atoms with Crippen molar-refractivity contribution >= 4 is 38.6 Å². The molecule has 1 aliphatic carbocycles. The highest BCUT2D eigenvalue weighted by Crippen LogP contribution is 2.58. The fourth-order valence-corrected chi connectivity index (χ4v) is 6.28. The molecule has 6 aromatic carbocycles. The third-order valence-corrected chi connectivity index (χ3v) is 8.01. The molecule has 1 aliphatic rings. The first kappa shape index (κ1) is 22.3. The minimum Gasteiger partial charge on any atom is -0.310 e. The van der Waals surface area contributed by atoms with Crippen LogP contribution in [0.5, 0.6) is 0 Å². The maximum absolute atomic E-state index is 9.46. The molecule has 0 aliphatic heterocycles. The second-order valence-electron chi connectivity index (χ2n) is 10.5. The van der Waals surface area contributed by atoms with E-state index in [1.807, 2.05) is 12.1 Å². The minimum atomic E-state index is -0.215. The number of fused-ring (bicyclic) bond motifs is 6. The lowest BCUT2D eigenvalue weighted by molar-refractivity contribution is 0.662. The third kappa shape index (κ3) is 3.19. The predicted molar refractivity (Wildman–Crippen MR) is 158 cm³/mol. The molecule has 0 heterocycles. The van der Waals surface area contributed by atoms with Gasteiger partial charge in [-0.15, -0.1) is 0 Å². The van der Waals surface area contributed by atoms with Crippen LogP contribution >= 0.6 is 0 Å². The number of hydrogen-bond donors (Lipinski definition) is 0. The van der Waals surface area contributed by atoms with Gasteiger partial charge in [0.1, 0.15) is 0 Å². The van der Waals surface area contributed by atoms with E-state index in [-0.39, 0.29) is 5.41 Å². The number of nitrogens with zero attached hydrogens (tertiary/aromatic N) is 2. The van der Waals surface area contributed by atoms with Crippen LogP contribution in [0.25, 0.3) is 32.7 Å². The standard InChI is InChI=1S/C36H26N2/c1-36(2)32-21-18-25-10-6-8-14-29(25)33(32)31-22-26-11-7-9-15-30(26)35(34(31)36)38(27-12-4-3-5-13-27)28-19-16-24(23-37)17-20-28/h3-22H,1-2H3. The number of rotatable bonds is 3. The summed E-state index contributed by atoms with van der Waals surface area (Å²) in [5.74, 6) is 0. The molecule has 0 saturated heterocycles. The Labute approximate surface area is 223 Å². The Hall–Kier alpha value is -4.87. The SMILES string of the molecule is CC1(C)c2ccc3ccccc3c2-c2cc3ccccc3c(N(c3ccccc3)c3ccc(C#N)cc3)c21. The van der Waals surface area contributed by atoms with Gasteiger partial charge < -0.3 is 4.90 Å². The Morgan fingerprint density at radius 1 is 0.632 bits per heavy atom. The average Bonchev–Trinajstić information content (AvgIpc) is 3.20. The van der Waals surface area contributed by atoms with Gasteiger partial charge >= 0.3 is 0 Å². The van der Waals surface area contributed by atoms with Crippen LogP contribution < -0.4 is 4.90 Å². The third-order valence-electron chi connectivity index (χ3n) is 8.01. The van der Waals surface area contributed by atoms with Gasteiger partial charge in [-0.25, -0.2) is 0 Å². The summed E-state index contributed by atoms with van der Waals surface area (Å²) in [6.07, 6.45) is 0. The second-order valence-corrected chi connectivity index (χ2v) is 10.5. The minimum absolute atomic E-state index is 0.215. The summed E-state index contributed by atoms with van der Waals surface area (Å²) in [5.41, 5.74) is 9.08. The van der Waals surface area contributed by atoms with Crippen LogP contribution in [0.15, 0.2) is 121 Å². The van der Waals surface area contributed by atoms with Crippen LogP contribution in [-0.2, 0) is 5.41 Å². The molecule has 0 radical (unpaired) electrons. The highest BCUT2D eigenvalue weighted by Gasteiger charge is 2.40. The topological polar surface area (TPSA) is 27.0 Å². The van der Waals surface area contributed by atoms with Gasteiger partial charge in [0, 0.05) is 22.2 Å². The highest BCUT2D eigenvalue weighted by atomic mass is 15.1. The summed E-state index contributed by atoms with van der Waals surface area (Å²) < 4.78 is 0. The van der Waals surface area contributed by atoms with Crippen molar-refractivity contribution in [2.24, 2.45) is 0 Å². The van der Waals surface area contributed by atoms with Crippen molar-refractivity contribution in [3.63, 3.8) is 0 Å². The smallest absolute Gasteiger partial charge is 0.0991 e. The van der Waals surface area contributed by atoms with Crippen molar-refractivity contribution < 1.29 is 0 Å². The van der Waals surface area contributed by atoms with Crippen LogP contribution in [-0.4, -0.2) is 0 Å². The molecular weight excluding hydrogens is 460 g/mol. The molecule has 2 nitrogen and oxygen atoms in total. The summed E-state index contributed by atoms with van der Waals surface area (Å²) in [7, 11) is 0.